The van der Waals surface area contributed by atoms with E-state index < -0.39 is 0 Å². The first kappa shape index (κ1) is 12.1. The first-order valence-electron chi connectivity index (χ1n) is 6.12. The monoisotopic (exact) mass is 237 g/mol. The molecular formula is C12H19N3O2. The molecule has 2 rings (SSSR count). The van der Waals surface area contributed by atoms with Crippen LogP contribution in [-0.2, 0) is 6.54 Å². The summed E-state index contributed by atoms with van der Waals surface area (Å²) in [5, 5.41) is 9.85. The van der Waals surface area contributed by atoms with E-state index in [9.17, 15) is 9.90 Å². The molecule has 0 saturated carbocycles. The minimum absolute atomic E-state index is 0.0725. The highest BCUT2D eigenvalue weighted by Crippen LogP contribution is 2.19. The summed E-state index contributed by atoms with van der Waals surface area (Å²) in [5.74, 6) is 0.753. The maximum absolute atomic E-state index is 12.1. The van der Waals surface area contributed by atoms with Gasteiger partial charge in [0.2, 0.25) is 0 Å². The molecule has 1 aliphatic heterocycles. The summed E-state index contributed by atoms with van der Waals surface area (Å²) < 4.78 is 1.63. The highest BCUT2D eigenvalue weighted by molar-refractivity contribution is 5.36. The molecule has 0 bridgehead atoms. The molecule has 1 aliphatic rings. The van der Waals surface area contributed by atoms with Gasteiger partial charge >= 0.3 is 0 Å². The molecule has 94 valence electrons. The molecule has 2 heterocycles. The quantitative estimate of drug-likeness (QED) is 0.812. The molecule has 17 heavy (non-hydrogen) atoms. The van der Waals surface area contributed by atoms with Gasteiger partial charge in [-0.05, 0) is 19.3 Å². The average Bonchev–Trinajstić information content (AvgIpc) is 2.33. The van der Waals surface area contributed by atoms with Crippen molar-refractivity contribution in [3.8, 4) is 0 Å². The fourth-order valence-electron chi connectivity index (χ4n) is 2.14. The van der Waals surface area contributed by atoms with Gasteiger partial charge in [-0.2, -0.15) is 0 Å². The van der Waals surface area contributed by atoms with Crippen molar-refractivity contribution in [3.05, 3.63) is 22.7 Å². The van der Waals surface area contributed by atoms with Crippen molar-refractivity contribution in [1.82, 2.24) is 9.55 Å². The number of hydrogen-bond acceptors (Lipinski definition) is 4. The van der Waals surface area contributed by atoms with E-state index in [1.165, 1.54) is 0 Å². The Hall–Kier alpha value is -1.36. The molecule has 5 heteroatoms. The van der Waals surface area contributed by atoms with E-state index in [4.69, 9.17) is 0 Å². The molecule has 0 amide bonds. The van der Waals surface area contributed by atoms with Crippen LogP contribution in [0.1, 0.15) is 20.3 Å². The third-order valence-corrected chi connectivity index (χ3v) is 3.45. The lowest BCUT2D eigenvalue weighted by Crippen LogP contribution is -2.45. The lowest BCUT2D eigenvalue weighted by Gasteiger charge is -2.34. The minimum Gasteiger partial charge on any atom is -0.391 e. The summed E-state index contributed by atoms with van der Waals surface area (Å²) in [6, 6.07) is 0. The maximum atomic E-state index is 12.1. The number of anilines is 1. The van der Waals surface area contributed by atoms with E-state index in [1.807, 2.05) is 18.7 Å². The molecule has 1 aromatic heterocycles. The van der Waals surface area contributed by atoms with Crippen LogP contribution < -0.4 is 10.5 Å². The van der Waals surface area contributed by atoms with E-state index in [1.54, 1.807) is 17.0 Å². The Labute approximate surface area is 101 Å². The predicted octanol–water partition coefficient (Wildman–Crippen LogP) is 0.470. The summed E-state index contributed by atoms with van der Waals surface area (Å²) in [7, 11) is 0. The first-order chi connectivity index (χ1) is 8.13. The van der Waals surface area contributed by atoms with Gasteiger partial charge in [-0.15, -0.1) is 0 Å². The number of hydrogen-bond donors (Lipinski definition) is 1. The molecule has 2 unspecified atom stereocenters. The Kier molecular flexibility index (Phi) is 3.47. The van der Waals surface area contributed by atoms with Crippen molar-refractivity contribution in [2.24, 2.45) is 5.92 Å². The van der Waals surface area contributed by atoms with Crippen LogP contribution in [-0.4, -0.2) is 33.9 Å². The Morgan fingerprint density at radius 3 is 3.00 bits per heavy atom. The first-order valence-corrected chi connectivity index (χ1v) is 6.12. The van der Waals surface area contributed by atoms with Crippen LogP contribution in [0.2, 0.25) is 0 Å². The summed E-state index contributed by atoms with van der Waals surface area (Å²) in [6.07, 6.45) is 3.85. The molecule has 0 aliphatic carbocycles. The zero-order chi connectivity index (χ0) is 12.4. The Bertz CT molecular complexity index is 444. The standard InChI is InChI=1S/C12H19N3O2/c1-3-14-7-5-13-11(12(14)17)15-6-4-9(2)10(16)8-15/h5,7,9-10,16H,3-4,6,8H2,1-2H3. The largest absolute Gasteiger partial charge is 0.391 e. The van der Waals surface area contributed by atoms with Gasteiger partial charge in [0.05, 0.1) is 6.10 Å². The Balaban J connectivity index is 2.26. The van der Waals surface area contributed by atoms with Gasteiger partial charge in [-0.25, -0.2) is 4.98 Å². The second kappa shape index (κ2) is 4.87. The molecule has 1 N–H and O–H groups in total. The number of aryl methyl sites for hydroxylation is 1. The van der Waals surface area contributed by atoms with E-state index >= 15 is 0 Å². The lowest BCUT2D eigenvalue weighted by atomic mass is 9.96. The Morgan fingerprint density at radius 2 is 2.35 bits per heavy atom. The molecule has 5 nitrogen and oxygen atoms in total. The van der Waals surface area contributed by atoms with Crippen LogP contribution in [0.3, 0.4) is 0 Å². The molecule has 1 fully saturated rings. The van der Waals surface area contributed by atoms with Crippen LogP contribution in [0.15, 0.2) is 17.2 Å². The van der Waals surface area contributed by atoms with Crippen molar-refractivity contribution >= 4 is 5.82 Å². The number of β-amino-alcohol motifs (C(OH)–C–C–N with tert-alkyl or cyclic N) is 1. The molecule has 2 atom stereocenters. The summed E-state index contributed by atoms with van der Waals surface area (Å²) in [6.45, 7) is 5.88. The van der Waals surface area contributed by atoms with Gasteiger partial charge in [0, 0.05) is 32.0 Å². The SMILES string of the molecule is CCn1ccnc(N2CCC(C)C(O)C2)c1=O. The fourth-order valence-corrected chi connectivity index (χ4v) is 2.14. The molecule has 0 aromatic carbocycles. The van der Waals surface area contributed by atoms with Gasteiger partial charge in [-0.1, -0.05) is 6.92 Å². The highest BCUT2D eigenvalue weighted by atomic mass is 16.3. The third-order valence-electron chi connectivity index (χ3n) is 3.45. The second-order valence-electron chi connectivity index (χ2n) is 4.62. The zero-order valence-electron chi connectivity index (χ0n) is 10.3. The van der Waals surface area contributed by atoms with Crippen molar-refractivity contribution in [1.29, 1.82) is 0 Å². The Morgan fingerprint density at radius 1 is 1.59 bits per heavy atom. The van der Waals surface area contributed by atoms with Crippen molar-refractivity contribution in [3.63, 3.8) is 0 Å². The number of rotatable bonds is 2. The van der Waals surface area contributed by atoms with Gasteiger partial charge in [0.1, 0.15) is 0 Å². The van der Waals surface area contributed by atoms with E-state index in [-0.39, 0.29) is 11.7 Å². The minimum atomic E-state index is -0.375. The van der Waals surface area contributed by atoms with Gasteiger partial charge in [0.25, 0.3) is 5.56 Å². The molecule has 0 radical (unpaired) electrons. The number of nitrogens with zero attached hydrogens (tertiary/aromatic N) is 3. The number of aromatic nitrogens is 2. The van der Waals surface area contributed by atoms with Crippen molar-refractivity contribution < 1.29 is 5.11 Å². The molecular weight excluding hydrogens is 218 g/mol. The molecule has 1 aromatic rings. The lowest BCUT2D eigenvalue weighted by molar-refractivity contribution is 0.102. The zero-order valence-corrected chi connectivity index (χ0v) is 10.3. The summed E-state index contributed by atoms with van der Waals surface area (Å²) in [5.41, 5.74) is -0.0725. The van der Waals surface area contributed by atoms with Gasteiger partial charge < -0.3 is 14.6 Å². The third kappa shape index (κ3) is 2.34. The van der Waals surface area contributed by atoms with E-state index in [0.717, 1.165) is 13.0 Å². The van der Waals surface area contributed by atoms with E-state index in [0.29, 0.717) is 24.8 Å². The fraction of sp³-hybridized carbons (Fsp3) is 0.667. The maximum Gasteiger partial charge on any atom is 0.293 e. The average molecular weight is 237 g/mol. The number of piperidine rings is 1. The number of aliphatic hydroxyl groups is 1. The van der Waals surface area contributed by atoms with Crippen LogP contribution in [0.4, 0.5) is 5.82 Å². The predicted molar refractivity (Wildman–Crippen MR) is 66.2 cm³/mol. The van der Waals surface area contributed by atoms with Gasteiger partial charge in [0.15, 0.2) is 5.82 Å². The van der Waals surface area contributed by atoms with Crippen LogP contribution in [0.25, 0.3) is 0 Å². The van der Waals surface area contributed by atoms with E-state index in [2.05, 4.69) is 4.98 Å². The summed E-state index contributed by atoms with van der Waals surface area (Å²) >= 11 is 0. The topological polar surface area (TPSA) is 58.4 Å². The number of aliphatic hydroxyl groups excluding tert-OH is 1. The van der Waals surface area contributed by atoms with Crippen molar-refractivity contribution in [2.45, 2.75) is 32.9 Å². The van der Waals surface area contributed by atoms with Gasteiger partial charge in [-0.3, -0.25) is 4.79 Å². The highest BCUT2D eigenvalue weighted by Gasteiger charge is 2.26. The molecule has 1 saturated heterocycles. The van der Waals surface area contributed by atoms with Crippen molar-refractivity contribution in [2.75, 3.05) is 18.0 Å². The van der Waals surface area contributed by atoms with Crippen LogP contribution in [0, 0.1) is 5.92 Å². The van der Waals surface area contributed by atoms with Crippen LogP contribution in [0.5, 0.6) is 0 Å². The van der Waals surface area contributed by atoms with Crippen LogP contribution >= 0.6 is 0 Å². The molecule has 0 spiro atoms. The normalized spacial score (nSPS) is 25.0. The smallest absolute Gasteiger partial charge is 0.293 e. The second-order valence-corrected chi connectivity index (χ2v) is 4.62. The summed E-state index contributed by atoms with van der Waals surface area (Å²) in [4.78, 5) is 18.1.